The van der Waals surface area contributed by atoms with Crippen LogP contribution in [0, 0.1) is 5.92 Å². The molecule has 0 bridgehead atoms. The third kappa shape index (κ3) is 3.47. The van der Waals surface area contributed by atoms with Crippen LogP contribution in [0.3, 0.4) is 0 Å². The standard InChI is InChI=1S/C20H26N2O5/c23-17-14-15(20(27-17)7-2-1-3-8-20)18(24)21-9-5-10-22(12-11-21)19(25)16-6-4-13-26-16/h4,6,13,15H,1-3,5,7-12,14H2. The fourth-order valence-corrected chi connectivity index (χ4v) is 4.72. The molecule has 0 radical (unpaired) electrons. The van der Waals surface area contributed by atoms with E-state index < -0.39 is 5.60 Å². The zero-order valence-corrected chi connectivity index (χ0v) is 15.5. The zero-order valence-electron chi connectivity index (χ0n) is 15.5. The molecule has 1 atom stereocenters. The lowest BCUT2D eigenvalue weighted by Gasteiger charge is -2.38. The molecule has 3 heterocycles. The van der Waals surface area contributed by atoms with Crippen LogP contribution in [-0.4, -0.2) is 59.4 Å². The molecule has 7 nitrogen and oxygen atoms in total. The Morgan fingerprint density at radius 1 is 1.00 bits per heavy atom. The number of ether oxygens (including phenoxy) is 1. The van der Waals surface area contributed by atoms with E-state index in [1.165, 1.54) is 6.26 Å². The molecule has 0 N–H and O–H groups in total. The van der Waals surface area contributed by atoms with Crippen LogP contribution in [0.25, 0.3) is 0 Å². The van der Waals surface area contributed by atoms with Crippen LogP contribution in [0.15, 0.2) is 22.8 Å². The first-order chi connectivity index (χ1) is 13.1. The highest BCUT2D eigenvalue weighted by Crippen LogP contribution is 2.45. The number of hydrogen-bond acceptors (Lipinski definition) is 5. The molecule has 1 aliphatic carbocycles. The maximum Gasteiger partial charge on any atom is 0.307 e. The van der Waals surface area contributed by atoms with Crippen molar-refractivity contribution in [2.24, 2.45) is 5.92 Å². The first-order valence-electron chi connectivity index (χ1n) is 9.92. The fraction of sp³-hybridized carbons (Fsp3) is 0.650. The summed E-state index contributed by atoms with van der Waals surface area (Å²) in [5, 5.41) is 0. The van der Waals surface area contributed by atoms with E-state index in [4.69, 9.17) is 9.15 Å². The predicted octanol–water partition coefficient (Wildman–Crippen LogP) is 2.22. The van der Waals surface area contributed by atoms with Gasteiger partial charge in [0.1, 0.15) is 5.60 Å². The van der Waals surface area contributed by atoms with Crippen LogP contribution in [0.2, 0.25) is 0 Å². The largest absolute Gasteiger partial charge is 0.459 e. The monoisotopic (exact) mass is 374 g/mol. The molecule has 1 spiro atoms. The van der Waals surface area contributed by atoms with Crippen LogP contribution in [0.5, 0.6) is 0 Å². The Morgan fingerprint density at radius 3 is 2.48 bits per heavy atom. The van der Waals surface area contributed by atoms with Gasteiger partial charge < -0.3 is 19.0 Å². The Kier molecular flexibility index (Phi) is 4.93. The minimum absolute atomic E-state index is 0.00930. The molecule has 4 rings (SSSR count). The third-order valence-corrected chi connectivity index (χ3v) is 6.15. The quantitative estimate of drug-likeness (QED) is 0.742. The van der Waals surface area contributed by atoms with Crippen molar-refractivity contribution in [1.82, 2.24) is 9.80 Å². The van der Waals surface area contributed by atoms with Gasteiger partial charge in [0.25, 0.3) is 5.91 Å². The Bertz CT molecular complexity index is 708. The molecule has 146 valence electrons. The highest BCUT2D eigenvalue weighted by atomic mass is 16.6. The minimum Gasteiger partial charge on any atom is -0.459 e. The molecular weight excluding hydrogens is 348 g/mol. The molecule has 2 saturated heterocycles. The summed E-state index contributed by atoms with van der Waals surface area (Å²) in [7, 11) is 0. The molecule has 1 saturated carbocycles. The van der Waals surface area contributed by atoms with Gasteiger partial charge in [0.05, 0.1) is 18.6 Å². The van der Waals surface area contributed by atoms with E-state index in [0.717, 1.165) is 32.1 Å². The Morgan fingerprint density at radius 2 is 1.74 bits per heavy atom. The second-order valence-corrected chi connectivity index (χ2v) is 7.80. The van der Waals surface area contributed by atoms with E-state index in [1.54, 1.807) is 17.0 Å². The van der Waals surface area contributed by atoms with Gasteiger partial charge in [-0.1, -0.05) is 6.42 Å². The van der Waals surface area contributed by atoms with Crippen molar-refractivity contribution in [1.29, 1.82) is 0 Å². The van der Waals surface area contributed by atoms with E-state index in [1.807, 2.05) is 4.90 Å². The van der Waals surface area contributed by atoms with Crippen molar-refractivity contribution < 1.29 is 23.5 Å². The summed E-state index contributed by atoms with van der Waals surface area (Å²) in [6.07, 6.45) is 7.09. The number of furan rings is 1. The first-order valence-corrected chi connectivity index (χ1v) is 9.92. The lowest BCUT2D eigenvalue weighted by atomic mass is 9.75. The Labute approximate surface area is 158 Å². The summed E-state index contributed by atoms with van der Waals surface area (Å²) >= 11 is 0. The van der Waals surface area contributed by atoms with Crippen LogP contribution in [-0.2, 0) is 14.3 Å². The van der Waals surface area contributed by atoms with Crippen molar-refractivity contribution in [3.63, 3.8) is 0 Å². The summed E-state index contributed by atoms with van der Waals surface area (Å²) in [5.41, 5.74) is -0.595. The number of amides is 2. The maximum absolute atomic E-state index is 13.2. The number of hydrogen-bond donors (Lipinski definition) is 0. The summed E-state index contributed by atoms with van der Waals surface area (Å²) in [4.78, 5) is 41.3. The molecule has 27 heavy (non-hydrogen) atoms. The molecule has 3 fully saturated rings. The second kappa shape index (κ2) is 7.37. The van der Waals surface area contributed by atoms with E-state index in [-0.39, 0.29) is 30.1 Å². The maximum atomic E-state index is 13.2. The van der Waals surface area contributed by atoms with Crippen LogP contribution < -0.4 is 0 Å². The van der Waals surface area contributed by atoms with Crippen molar-refractivity contribution in [3.8, 4) is 0 Å². The molecule has 1 aromatic heterocycles. The van der Waals surface area contributed by atoms with E-state index in [9.17, 15) is 14.4 Å². The SMILES string of the molecule is O=C1CC(C(=O)N2CCCN(C(=O)c3ccco3)CC2)C2(CCCCC2)O1. The number of carbonyl (C=O) groups excluding carboxylic acids is 3. The summed E-state index contributed by atoms with van der Waals surface area (Å²) < 4.78 is 10.9. The Hall–Kier alpha value is -2.31. The smallest absolute Gasteiger partial charge is 0.307 e. The van der Waals surface area contributed by atoms with Gasteiger partial charge in [-0.05, 0) is 44.2 Å². The fourth-order valence-electron chi connectivity index (χ4n) is 4.72. The van der Waals surface area contributed by atoms with Gasteiger partial charge >= 0.3 is 5.97 Å². The van der Waals surface area contributed by atoms with Crippen molar-refractivity contribution in [2.75, 3.05) is 26.2 Å². The topological polar surface area (TPSA) is 80.1 Å². The molecular formula is C20H26N2O5. The van der Waals surface area contributed by atoms with Crippen molar-refractivity contribution >= 4 is 17.8 Å². The van der Waals surface area contributed by atoms with Crippen molar-refractivity contribution in [3.05, 3.63) is 24.2 Å². The number of esters is 1. The number of rotatable bonds is 2. The summed E-state index contributed by atoms with van der Waals surface area (Å²) in [6.45, 7) is 2.14. The molecule has 1 unspecified atom stereocenters. The number of carbonyl (C=O) groups is 3. The van der Waals surface area contributed by atoms with Gasteiger partial charge in [-0.3, -0.25) is 14.4 Å². The van der Waals surface area contributed by atoms with Gasteiger partial charge in [-0.25, -0.2) is 0 Å². The second-order valence-electron chi connectivity index (χ2n) is 7.80. The van der Waals surface area contributed by atoms with Gasteiger partial charge in [0.2, 0.25) is 5.91 Å². The highest BCUT2D eigenvalue weighted by Gasteiger charge is 2.53. The molecule has 2 aliphatic heterocycles. The molecule has 0 aromatic carbocycles. The molecule has 1 aromatic rings. The van der Waals surface area contributed by atoms with E-state index in [2.05, 4.69) is 0 Å². The van der Waals surface area contributed by atoms with Gasteiger partial charge in [-0.15, -0.1) is 0 Å². The third-order valence-electron chi connectivity index (χ3n) is 6.15. The van der Waals surface area contributed by atoms with Gasteiger partial charge in [0.15, 0.2) is 5.76 Å². The van der Waals surface area contributed by atoms with E-state index >= 15 is 0 Å². The highest BCUT2D eigenvalue weighted by molar-refractivity contribution is 5.91. The van der Waals surface area contributed by atoms with Gasteiger partial charge in [-0.2, -0.15) is 0 Å². The zero-order chi connectivity index (χ0) is 18.9. The Balaban J connectivity index is 1.43. The first kappa shape index (κ1) is 18.1. The van der Waals surface area contributed by atoms with Crippen LogP contribution >= 0.6 is 0 Å². The van der Waals surface area contributed by atoms with Crippen LogP contribution in [0.1, 0.15) is 55.5 Å². The summed E-state index contributed by atoms with van der Waals surface area (Å²) in [5.74, 6) is -0.435. The van der Waals surface area contributed by atoms with Gasteiger partial charge in [0, 0.05) is 26.2 Å². The predicted molar refractivity (Wildman–Crippen MR) is 95.8 cm³/mol. The molecule has 7 heteroatoms. The van der Waals surface area contributed by atoms with E-state index in [0.29, 0.717) is 38.4 Å². The normalized spacial score (nSPS) is 25.3. The number of nitrogens with zero attached hydrogens (tertiary/aromatic N) is 2. The molecule has 2 amide bonds. The minimum atomic E-state index is -0.595. The van der Waals surface area contributed by atoms with Crippen LogP contribution in [0.4, 0.5) is 0 Å². The average molecular weight is 374 g/mol. The lowest BCUT2D eigenvalue weighted by molar-refractivity contribution is -0.155. The summed E-state index contributed by atoms with van der Waals surface area (Å²) in [6, 6.07) is 3.35. The lowest BCUT2D eigenvalue weighted by Crippen LogP contribution is -2.48. The molecule has 3 aliphatic rings. The average Bonchev–Trinajstić information content (AvgIpc) is 3.23. The van der Waals surface area contributed by atoms with Crippen molar-refractivity contribution in [2.45, 2.75) is 50.5 Å².